The Kier molecular flexibility index (Phi) is 9.82. The Balaban J connectivity index is 0.956. The zero-order valence-electron chi connectivity index (χ0n) is 40.6. The third kappa shape index (κ3) is 6.53. The standard InChI is InChI=1S/C71H51NS/c1-3-18-46(19-4-1)51-42-52(47-20-5-2-6-21-47)44-54(43-51)72(66-32-17-31-65-70(66)61-27-11-15-30-64(61)71(65)62-28-13-9-24-57(62)58-25-10-14-29-63(58)71)53-38-34-49(35-39-53)56-40-36-48-22-7-8-23-55(48)69(56)50-37-41-60-59-26-12-16-33-67(59)73-68(60)45-50/h1-5,7-14,16-20,22-29,31-34,36-38,40-45H,6,15,21,30,35,39H2. The Bertz CT molecular complexity index is 4100. The van der Waals surface area contributed by atoms with Gasteiger partial charge in [-0.2, -0.15) is 0 Å². The lowest BCUT2D eigenvalue weighted by Gasteiger charge is -2.35. The number of anilines is 2. The predicted octanol–water partition coefficient (Wildman–Crippen LogP) is 19.6. The van der Waals surface area contributed by atoms with E-state index in [0.29, 0.717) is 0 Å². The van der Waals surface area contributed by atoms with Crippen molar-refractivity contribution in [3.8, 4) is 33.4 Å². The summed E-state index contributed by atoms with van der Waals surface area (Å²) in [6.07, 6.45) is 22.6. The largest absolute Gasteiger partial charge is 0.314 e. The Morgan fingerprint density at radius 3 is 1.99 bits per heavy atom. The SMILES string of the molecule is C1=CCCC(c2cc(-c3ccccc3)cc(N(C3=CC=C(c4ccc5ccccc5c4-c4ccc5c(c4)sc4ccccc45)CC3)c3cccc4c3C3=C(CCC=C3)C43c4ccccc4-c4ccccc43)c2)=C1. The summed E-state index contributed by atoms with van der Waals surface area (Å²) in [5.74, 6) is 0. The molecule has 0 radical (unpaired) electrons. The van der Waals surface area contributed by atoms with Crippen LogP contribution < -0.4 is 4.90 Å². The molecule has 2 heteroatoms. The number of hydrogen-bond acceptors (Lipinski definition) is 2. The molecule has 1 aromatic heterocycles. The quantitative estimate of drug-likeness (QED) is 0.154. The molecule has 0 unspecified atom stereocenters. The fraction of sp³-hybridized carbons (Fsp3) is 0.0986. The number of nitrogens with zero attached hydrogens (tertiary/aromatic N) is 1. The third-order valence-electron chi connectivity index (χ3n) is 16.6. The Hall–Kier alpha value is -8.30. The van der Waals surface area contributed by atoms with Crippen molar-refractivity contribution in [1.82, 2.24) is 0 Å². The summed E-state index contributed by atoms with van der Waals surface area (Å²) < 4.78 is 2.67. The van der Waals surface area contributed by atoms with Crippen molar-refractivity contribution in [2.45, 2.75) is 43.9 Å². The Morgan fingerprint density at radius 2 is 1.16 bits per heavy atom. The summed E-state index contributed by atoms with van der Waals surface area (Å²) in [5.41, 5.74) is 25.0. The van der Waals surface area contributed by atoms with Gasteiger partial charge in [0.25, 0.3) is 0 Å². The van der Waals surface area contributed by atoms with Gasteiger partial charge in [0.2, 0.25) is 0 Å². The lowest BCUT2D eigenvalue weighted by molar-refractivity contribution is 0.714. The highest BCUT2D eigenvalue weighted by Crippen LogP contribution is 2.65. The van der Waals surface area contributed by atoms with Gasteiger partial charge in [0.1, 0.15) is 0 Å². The molecule has 0 saturated heterocycles. The molecule has 9 aromatic carbocycles. The molecule has 0 amide bonds. The molecule has 0 bridgehead atoms. The van der Waals surface area contributed by atoms with Gasteiger partial charge in [-0.3, -0.25) is 0 Å². The van der Waals surface area contributed by atoms with Gasteiger partial charge in [-0.1, -0.05) is 194 Å². The molecule has 0 saturated carbocycles. The molecule has 346 valence electrons. The molecular formula is C71H51NS. The van der Waals surface area contributed by atoms with Crippen LogP contribution >= 0.6 is 11.3 Å². The van der Waals surface area contributed by atoms with Crippen LogP contribution in [0.3, 0.4) is 0 Å². The van der Waals surface area contributed by atoms with Crippen molar-refractivity contribution >= 4 is 70.4 Å². The maximum absolute atomic E-state index is 2.66. The first-order chi connectivity index (χ1) is 36.2. The molecule has 0 atom stereocenters. The van der Waals surface area contributed by atoms with Crippen LogP contribution in [-0.2, 0) is 5.41 Å². The summed E-state index contributed by atoms with van der Waals surface area (Å²) >= 11 is 1.90. The van der Waals surface area contributed by atoms with E-state index in [4.69, 9.17) is 0 Å². The molecule has 5 aliphatic carbocycles. The van der Waals surface area contributed by atoms with E-state index in [0.717, 1.165) is 38.5 Å². The zero-order valence-corrected chi connectivity index (χ0v) is 41.4. The molecule has 15 rings (SSSR count). The molecule has 73 heavy (non-hydrogen) atoms. The summed E-state index contributed by atoms with van der Waals surface area (Å²) in [7, 11) is 0. The molecule has 0 fully saturated rings. The van der Waals surface area contributed by atoms with E-state index in [9.17, 15) is 0 Å². The third-order valence-corrected chi connectivity index (χ3v) is 17.7. The summed E-state index contributed by atoms with van der Waals surface area (Å²) in [6, 6.07) is 73.7. The van der Waals surface area contributed by atoms with E-state index in [1.54, 1.807) is 0 Å². The molecule has 10 aromatic rings. The van der Waals surface area contributed by atoms with Crippen LogP contribution in [0.2, 0.25) is 0 Å². The van der Waals surface area contributed by atoms with Gasteiger partial charge in [0, 0.05) is 37.1 Å². The second-order valence-electron chi connectivity index (χ2n) is 20.4. The smallest absolute Gasteiger partial charge is 0.0689 e. The van der Waals surface area contributed by atoms with Crippen LogP contribution in [0.1, 0.15) is 71.9 Å². The lowest BCUT2D eigenvalue weighted by Crippen LogP contribution is -2.28. The summed E-state index contributed by atoms with van der Waals surface area (Å²) in [6.45, 7) is 0. The summed E-state index contributed by atoms with van der Waals surface area (Å²) in [5, 5.41) is 5.23. The maximum atomic E-state index is 2.66. The van der Waals surface area contributed by atoms with E-state index < -0.39 is 0 Å². The van der Waals surface area contributed by atoms with E-state index in [1.165, 1.54) is 137 Å². The zero-order chi connectivity index (χ0) is 48.0. The lowest BCUT2D eigenvalue weighted by atomic mass is 9.68. The molecule has 0 aliphatic heterocycles. The number of thiophene rings is 1. The fourth-order valence-corrected chi connectivity index (χ4v) is 14.6. The number of rotatable bonds is 7. The van der Waals surface area contributed by atoms with Gasteiger partial charge in [0.15, 0.2) is 0 Å². The van der Waals surface area contributed by atoms with E-state index in [-0.39, 0.29) is 5.41 Å². The maximum Gasteiger partial charge on any atom is 0.0689 e. The van der Waals surface area contributed by atoms with Crippen LogP contribution in [0, 0.1) is 0 Å². The summed E-state index contributed by atoms with van der Waals surface area (Å²) in [4.78, 5) is 2.66. The average molecular weight is 950 g/mol. The topological polar surface area (TPSA) is 3.24 Å². The minimum absolute atomic E-state index is 0.361. The highest BCUT2D eigenvalue weighted by molar-refractivity contribution is 7.25. The predicted molar refractivity (Wildman–Crippen MR) is 311 cm³/mol. The highest BCUT2D eigenvalue weighted by Gasteiger charge is 2.53. The molecule has 0 N–H and O–H groups in total. The highest BCUT2D eigenvalue weighted by atomic mass is 32.1. The molecule has 1 nitrogen and oxygen atoms in total. The second kappa shape index (κ2) is 16.9. The van der Waals surface area contributed by atoms with Crippen LogP contribution in [0.25, 0.3) is 81.0 Å². The van der Waals surface area contributed by atoms with Gasteiger partial charge in [-0.05, 0) is 175 Å². The number of fused-ring (bicyclic) bond motifs is 13. The number of allylic oxidation sites excluding steroid dienone is 12. The van der Waals surface area contributed by atoms with Crippen molar-refractivity contribution in [1.29, 1.82) is 0 Å². The molecule has 5 aliphatic rings. The van der Waals surface area contributed by atoms with Crippen LogP contribution in [0.4, 0.5) is 11.4 Å². The van der Waals surface area contributed by atoms with Gasteiger partial charge >= 0.3 is 0 Å². The van der Waals surface area contributed by atoms with Crippen LogP contribution in [0.5, 0.6) is 0 Å². The Morgan fingerprint density at radius 1 is 0.425 bits per heavy atom. The van der Waals surface area contributed by atoms with Gasteiger partial charge < -0.3 is 4.90 Å². The van der Waals surface area contributed by atoms with Gasteiger partial charge in [-0.15, -0.1) is 11.3 Å². The van der Waals surface area contributed by atoms with Gasteiger partial charge in [-0.25, -0.2) is 0 Å². The first kappa shape index (κ1) is 42.4. The fourth-order valence-electron chi connectivity index (χ4n) is 13.4. The van der Waals surface area contributed by atoms with Crippen molar-refractivity contribution in [3.63, 3.8) is 0 Å². The van der Waals surface area contributed by atoms with Crippen LogP contribution in [0.15, 0.2) is 248 Å². The Labute approximate surface area is 431 Å². The van der Waals surface area contributed by atoms with Crippen molar-refractivity contribution in [2.75, 3.05) is 4.90 Å². The second-order valence-corrected chi connectivity index (χ2v) is 21.5. The van der Waals surface area contributed by atoms with E-state index in [2.05, 4.69) is 242 Å². The molecule has 1 spiro atoms. The first-order valence-corrected chi connectivity index (χ1v) is 27.0. The number of hydrogen-bond donors (Lipinski definition) is 0. The number of benzene rings is 9. The minimum atomic E-state index is -0.361. The van der Waals surface area contributed by atoms with Crippen molar-refractivity contribution < 1.29 is 0 Å². The van der Waals surface area contributed by atoms with Crippen molar-refractivity contribution in [3.05, 3.63) is 281 Å². The molecular weight excluding hydrogens is 899 g/mol. The monoisotopic (exact) mass is 949 g/mol. The minimum Gasteiger partial charge on any atom is -0.314 e. The normalized spacial score (nSPS) is 16.1. The van der Waals surface area contributed by atoms with Crippen LogP contribution in [-0.4, -0.2) is 0 Å². The average Bonchev–Trinajstić information content (AvgIpc) is 4.10. The van der Waals surface area contributed by atoms with E-state index in [1.807, 2.05) is 11.3 Å². The molecule has 1 heterocycles. The van der Waals surface area contributed by atoms with E-state index >= 15 is 0 Å². The first-order valence-electron chi connectivity index (χ1n) is 26.1. The van der Waals surface area contributed by atoms with Gasteiger partial charge in [0.05, 0.1) is 11.1 Å². The van der Waals surface area contributed by atoms with Crippen molar-refractivity contribution in [2.24, 2.45) is 0 Å².